The van der Waals surface area contributed by atoms with Gasteiger partial charge in [-0.1, -0.05) is 11.6 Å². The zero-order valence-electron chi connectivity index (χ0n) is 18.8. The fourth-order valence-corrected chi connectivity index (χ4v) is 3.39. The van der Waals surface area contributed by atoms with Gasteiger partial charge in [-0.3, -0.25) is 9.59 Å². The molecule has 0 radical (unpaired) electrons. The van der Waals surface area contributed by atoms with E-state index in [2.05, 4.69) is 20.7 Å². The molecule has 3 rings (SSSR count). The molecule has 0 atom stereocenters. The average Bonchev–Trinajstić information content (AvgIpc) is 3.20. The van der Waals surface area contributed by atoms with Gasteiger partial charge in [-0.05, 0) is 50.6 Å². The molecule has 0 fully saturated rings. The minimum Gasteiger partial charge on any atom is -0.350 e. The third-order valence-electron chi connectivity index (χ3n) is 4.74. The minimum absolute atomic E-state index is 0.119. The Morgan fingerprint density at radius 3 is 2.25 bits per heavy atom. The van der Waals surface area contributed by atoms with E-state index in [1.165, 1.54) is 25.3 Å². The Morgan fingerprint density at radius 1 is 1.03 bits per heavy atom. The number of aromatic nitrogens is 3. The number of nitrogens with one attached hydrogen (secondary N) is 2. The van der Waals surface area contributed by atoms with Crippen molar-refractivity contribution in [2.45, 2.75) is 39.2 Å². The van der Waals surface area contributed by atoms with Crippen molar-refractivity contribution in [3.8, 4) is 5.82 Å². The number of anilines is 1. The molecule has 0 aliphatic heterocycles. The molecule has 7 nitrogen and oxygen atoms in total. The smallest absolute Gasteiger partial charge is 0.350 e. The van der Waals surface area contributed by atoms with E-state index in [-0.39, 0.29) is 22.1 Å². The molecule has 0 aliphatic rings. The van der Waals surface area contributed by atoms with Crippen LogP contribution in [0.1, 0.15) is 51.5 Å². The Morgan fingerprint density at radius 2 is 1.69 bits per heavy atom. The highest BCUT2D eigenvalue weighted by Crippen LogP contribution is 2.35. The summed E-state index contributed by atoms with van der Waals surface area (Å²) in [6, 6.07) is 3.95. The number of nitrogens with zero attached hydrogens (tertiary/aromatic N) is 3. The number of hydrogen-bond acceptors (Lipinski definition) is 4. The molecule has 36 heavy (non-hydrogen) atoms. The Balaban J connectivity index is 2.15. The molecule has 0 spiro atoms. The average molecular weight is 534 g/mol. The van der Waals surface area contributed by atoms with E-state index >= 15 is 0 Å². The number of amides is 2. The fourth-order valence-electron chi connectivity index (χ4n) is 3.19. The Hall–Kier alpha value is -3.61. The highest BCUT2D eigenvalue weighted by Gasteiger charge is 2.37. The molecule has 2 aromatic heterocycles. The van der Waals surface area contributed by atoms with Gasteiger partial charge in [0.15, 0.2) is 11.5 Å². The van der Waals surface area contributed by atoms with Crippen molar-refractivity contribution in [1.82, 2.24) is 20.1 Å². The summed E-state index contributed by atoms with van der Waals surface area (Å²) in [7, 11) is 0. The number of aryl methyl sites for hydroxylation is 1. The number of halogens is 7. The van der Waals surface area contributed by atoms with Crippen molar-refractivity contribution in [3.05, 3.63) is 69.6 Å². The number of benzene rings is 1. The molecule has 0 aliphatic carbocycles. The molecule has 2 N–H and O–H groups in total. The van der Waals surface area contributed by atoms with E-state index in [9.17, 15) is 35.9 Å². The molecule has 14 heteroatoms. The highest BCUT2D eigenvalue weighted by atomic mass is 35.5. The lowest BCUT2D eigenvalue weighted by atomic mass is 10.0. The van der Waals surface area contributed by atoms with Crippen LogP contribution in [-0.4, -0.2) is 32.6 Å². The van der Waals surface area contributed by atoms with Crippen LogP contribution in [0, 0.1) is 6.92 Å². The lowest BCUT2D eigenvalue weighted by Gasteiger charge is -2.18. The first kappa shape index (κ1) is 27.0. The molecular formula is C22H18ClF6N5O2. The Kier molecular flexibility index (Phi) is 7.35. The number of carbonyl (C=O) groups is 2. The van der Waals surface area contributed by atoms with Gasteiger partial charge >= 0.3 is 12.4 Å². The SMILES string of the molecule is Cc1cc(C(F)(F)F)cc(C(=O)NC(C)C)c1NC(=O)c1cc(C(F)(F)F)nn1-c1ncccc1Cl. The number of carbonyl (C=O) groups excluding carboxylic acids is 2. The predicted octanol–water partition coefficient (Wildman–Crippen LogP) is 5.66. The van der Waals surface area contributed by atoms with Crippen molar-refractivity contribution in [2.24, 2.45) is 0 Å². The lowest BCUT2D eigenvalue weighted by molar-refractivity contribution is -0.141. The second kappa shape index (κ2) is 9.80. The van der Waals surface area contributed by atoms with Crippen LogP contribution < -0.4 is 10.6 Å². The summed E-state index contributed by atoms with van der Waals surface area (Å²) >= 11 is 6.02. The zero-order valence-corrected chi connectivity index (χ0v) is 19.6. The molecule has 0 unspecified atom stereocenters. The molecule has 2 amide bonds. The van der Waals surface area contributed by atoms with Gasteiger partial charge in [0.2, 0.25) is 0 Å². The summed E-state index contributed by atoms with van der Waals surface area (Å²) in [5.41, 5.74) is -4.24. The van der Waals surface area contributed by atoms with Crippen LogP contribution in [0.3, 0.4) is 0 Å². The van der Waals surface area contributed by atoms with E-state index in [1.807, 2.05) is 0 Å². The first-order valence-corrected chi connectivity index (χ1v) is 10.6. The maximum Gasteiger partial charge on any atom is 0.435 e. The van der Waals surface area contributed by atoms with Gasteiger partial charge in [-0.2, -0.15) is 31.4 Å². The molecule has 3 aromatic rings. The third kappa shape index (κ3) is 5.78. The van der Waals surface area contributed by atoms with Gasteiger partial charge in [-0.25, -0.2) is 9.67 Å². The second-order valence-corrected chi connectivity index (χ2v) is 8.34. The molecular weight excluding hydrogens is 516 g/mol. The van der Waals surface area contributed by atoms with Crippen molar-refractivity contribution in [2.75, 3.05) is 5.32 Å². The highest BCUT2D eigenvalue weighted by molar-refractivity contribution is 6.32. The Labute approximate surface area is 205 Å². The summed E-state index contributed by atoms with van der Waals surface area (Å²) in [4.78, 5) is 29.7. The summed E-state index contributed by atoms with van der Waals surface area (Å²) < 4.78 is 80.8. The van der Waals surface area contributed by atoms with Crippen LogP contribution in [-0.2, 0) is 12.4 Å². The summed E-state index contributed by atoms with van der Waals surface area (Å²) in [6.07, 6.45) is -8.52. The maximum atomic E-state index is 13.4. The van der Waals surface area contributed by atoms with Gasteiger partial charge in [0.25, 0.3) is 11.8 Å². The van der Waals surface area contributed by atoms with Crippen LogP contribution in [0.5, 0.6) is 0 Å². The van der Waals surface area contributed by atoms with Crippen LogP contribution in [0.15, 0.2) is 36.5 Å². The first-order valence-electron chi connectivity index (χ1n) is 10.2. The first-order chi connectivity index (χ1) is 16.6. The molecule has 0 saturated heterocycles. The maximum absolute atomic E-state index is 13.4. The zero-order chi connectivity index (χ0) is 27.0. The monoisotopic (exact) mass is 533 g/mol. The quantitative estimate of drug-likeness (QED) is 0.414. The van der Waals surface area contributed by atoms with Crippen molar-refractivity contribution >= 4 is 29.1 Å². The van der Waals surface area contributed by atoms with Gasteiger partial charge in [0, 0.05) is 18.3 Å². The van der Waals surface area contributed by atoms with E-state index in [1.54, 1.807) is 13.8 Å². The van der Waals surface area contributed by atoms with E-state index in [0.717, 1.165) is 0 Å². The van der Waals surface area contributed by atoms with Gasteiger partial charge < -0.3 is 10.6 Å². The fraction of sp³-hybridized carbons (Fsp3) is 0.273. The van der Waals surface area contributed by atoms with Gasteiger partial charge in [0.1, 0.15) is 5.69 Å². The molecule has 2 heterocycles. The van der Waals surface area contributed by atoms with Gasteiger partial charge in [-0.15, -0.1) is 0 Å². The molecule has 192 valence electrons. The summed E-state index contributed by atoms with van der Waals surface area (Å²) in [5, 5.41) is 7.97. The number of pyridine rings is 1. The van der Waals surface area contributed by atoms with E-state index < -0.39 is 52.7 Å². The topological polar surface area (TPSA) is 88.9 Å². The number of rotatable bonds is 5. The Bertz CT molecular complexity index is 1320. The van der Waals surface area contributed by atoms with Crippen molar-refractivity contribution < 1.29 is 35.9 Å². The van der Waals surface area contributed by atoms with Crippen LogP contribution in [0.4, 0.5) is 32.0 Å². The van der Waals surface area contributed by atoms with Crippen LogP contribution >= 0.6 is 11.6 Å². The molecule has 0 bridgehead atoms. The van der Waals surface area contributed by atoms with E-state index in [0.29, 0.717) is 22.9 Å². The number of hydrogen-bond donors (Lipinski definition) is 2. The van der Waals surface area contributed by atoms with Crippen molar-refractivity contribution in [3.63, 3.8) is 0 Å². The largest absolute Gasteiger partial charge is 0.435 e. The molecule has 0 saturated carbocycles. The van der Waals surface area contributed by atoms with Crippen LogP contribution in [0.25, 0.3) is 5.82 Å². The van der Waals surface area contributed by atoms with Gasteiger partial charge in [0.05, 0.1) is 21.8 Å². The lowest BCUT2D eigenvalue weighted by Crippen LogP contribution is -2.31. The predicted molar refractivity (Wildman–Crippen MR) is 118 cm³/mol. The summed E-state index contributed by atoms with van der Waals surface area (Å²) in [6.45, 7) is 4.36. The molecule has 1 aromatic carbocycles. The number of alkyl halides is 6. The second-order valence-electron chi connectivity index (χ2n) is 7.93. The minimum atomic E-state index is -4.94. The standard InChI is InChI=1S/C22H18ClF6N5O2/c1-10(2)31-19(35)13-8-12(21(24,25)26)7-11(3)17(13)32-20(36)15-9-16(22(27,28)29)33-34(15)18-14(23)5-4-6-30-18/h4-10H,1-3H3,(H,31,35)(H,32,36). The van der Waals surface area contributed by atoms with Crippen LogP contribution in [0.2, 0.25) is 5.02 Å². The third-order valence-corrected chi connectivity index (χ3v) is 5.03. The normalized spacial score (nSPS) is 12.1. The van der Waals surface area contributed by atoms with Crippen molar-refractivity contribution in [1.29, 1.82) is 0 Å². The van der Waals surface area contributed by atoms with E-state index in [4.69, 9.17) is 11.6 Å². The summed E-state index contributed by atoms with van der Waals surface area (Å²) in [5.74, 6) is -2.41.